The monoisotopic (exact) mass is 290 g/mol. The number of thiophene rings is 1. The molecule has 2 aromatic rings. The number of rotatable bonds is 5. The largest absolute Gasteiger partial charge is 0.397 e. The Morgan fingerprint density at radius 3 is 2.90 bits per heavy atom. The van der Waals surface area contributed by atoms with Gasteiger partial charge in [-0.25, -0.2) is 0 Å². The van der Waals surface area contributed by atoms with Gasteiger partial charge in [-0.2, -0.15) is 5.10 Å². The Balaban J connectivity index is 1.84. The van der Waals surface area contributed by atoms with Crippen LogP contribution in [0.25, 0.3) is 0 Å². The number of nitrogen functional groups attached to an aromatic ring is 1. The number of nitrogens with two attached hydrogens (primary N) is 1. The molecule has 1 aliphatic rings. The van der Waals surface area contributed by atoms with Crippen LogP contribution in [0.1, 0.15) is 46.5 Å². The molecule has 2 heterocycles. The van der Waals surface area contributed by atoms with Gasteiger partial charge in [-0.05, 0) is 18.8 Å². The van der Waals surface area contributed by atoms with E-state index in [9.17, 15) is 4.79 Å². The van der Waals surface area contributed by atoms with Crippen molar-refractivity contribution in [1.29, 1.82) is 0 Å². The van der Waals surface area contributed by atoms with Crippen LogP contribution in [0, 0.1) is 0 Å². The molecule has 1 aliphatic carbocycles. The number of carbonyl (C=O) groups excluding carboxylic acids is 1. The summed E-state index contributed by atoms with van der Waals surface area (Å²) in [6.45, 7) is 2.27. The number of aromatic nitrogens is 2. The Hall–Kier alpha value is -1.82. The molecule has 3 N–H and O–H groups in total. The molecule has 1 fully saturated rings. The summed E-state index contributed by atoms with van der Waals surface area (Å²) < 4.78 is 1.78. The Labute approximate surface area is 121 Å². The molecule has 6 heteroatoms. The Morgan fingerprint density at radius 2 is 2.35 bits per heavy atom. The number of nitrogens with one attached hydrogen (secondary N) is 1. The van der Waals surface area contributed by atoms with E-state index >= 15 is 0 Å². The average molecular weight is 290 g/mol. The van der Waals surface area contributed by atoms with Gasteiger partial charge in [0.25, 0.3) is 0 Å². The minimum absolute atomic E-state index is 0.0452. The van der Waals surface area contributed by atoms with E-state index < -0.39 is 0 Å². The molecule has 0 radical (unpaired) electrons. The maximum Gasteiger partial charge on any atom is 0.171 e. The molecule has 0 aromatic carbocycles. The number of nitrogens with zero attached hydrogens (tertiary/aromatic N) is 2. The standard InChI is InChI=1S/C14H18N4OS/c1-8(19)13-12(15)11(10-3-4-10)14(20-13)16-5-9-6-17-18(2)7-9/h6-7,10,16H,3-5,15H2,1-2H3. The Morgan fingerprint density at radius 1 is 1.60 bits per heavy atom. The van der Waals surface area contributed by atoms with E-state index in [0.717, 1.165) is 16.1 Å². The van der Waals surface area contributed by atoms with Crippen LogP contribution in [0.2, 0.25) is 0 Å². The third kappa shape index (κ3) is 2.43. The van der Waals surface area contributed by atoms with Crippen molar-refractivity contribution < 1.29 is 4.79 Å². The predicted octanol–water partition coefficient (Wildman–Crippen LogP) is 2.76. The fraction of sp³-hybridized carbons (Fsp3) is 0.429. The van der Waals surface area contributed by atoms with E-state index in [1.165, 1.54) is 24.2 Å². The average Bonchev–Trinajstić information content (AvgIpc) is 3.05. The van der Waals surface area contributed by atoms with Crippen molar-refractivity contribution in [2.45, 2.75) is 32.2 Å². The zero-order chi connectivity index (χ0) is 14.3. The van der Waals surface area contributed by atoms with Gasteiger partial charge in [0.2, 0.25) is 0 Å². The lowest BCUT2D eigenvalue weighted by molar-refractivity contribution is 0.102. The van der Waals surface area contributed by atoms with E-state index in [1.54, 1.807) is 11.6 Å². The smallest absolute Gasteiger partial charge is 0.171 e. The summed E-state index contributed by atoms with van der Waals surface area (Å²) in [5, 5.41) is 8.61. The van der Waals surface area contributed by atoms with Gasteiger partial charge >= 0.3 is 0 Å². The molecule has 5 nitrogen and oxygen atoms in total. The lowest BCUT2D eigenvalue weighted by Gasteiger charge is -2.05. The molecule has 20 heavy (non-hydrogen) atoms. The molecule has 2 aromatic heterocycles. The molecule has 0 unspecified atom stereocenters. The van der Waals surface area contributed by atoms with Gasteiger partial charge in [0, 0.05) is 37.8 Å². The first-order valence-electron chi connectivity index (χ1n) is 6.70. The molecule has 0 amide bonds. The van der Waals surface area contributed by atoms with Gasteiger partial charge in [-0.3, -0.25) is 9.48 Å². The first-order valence-corrected chi connectivity index (χ1v) is 7.52. The van der Waals surface area contributed by atoms with Gasteiger partial charge in [-0.1, -0.05) is 0 Å². The lowest BCUT2D eigenvalue weighted by Crippen LogP contribution is -2.00. The first kappa shape index (κ1) is 13.2. The zero-order valence-corrected chi connectivity index (χ0v) is 12.5. The number of hydrogen-bond donors (Lipinski definition) is 2. The molecule has 0 saturated heterocycles. The highest BCUT2D eigenvalue weighted by Crippen LogP contribution is 2.50. The lowest BCUT2D eigenvalue weighted by atomic mass is 10.1. The third-order valence-corrected chi connectivity index (χ3v) is 4.78. The number of carbonyl (C=O) groups is 1. The minimum Gasteiger partial charge on any atom is -0.397 e. The summed E-state index contributed by atoms with van der Waals surface area (Å²) in [6, 6.07) is 0. The molecular weight excluding hydrogens is 272 g/mol. The van der Waals surface area contributed by atoms with Crippen LogP contribution < -0.4 is 11.1 Å². The minimum atomic E-state index is 0.0452. The van der Waals surface area contributed by atoms with Crippen molar-refractivity contribution in [2.75, 3.05) is 11.1 Å². The topological polar surface area (TPSA) is 72.9 Å². The highest BCUT2D eigenvalue weighted by molar-refractivity contribution is 7.18. The van der Waals surface area contributed by atoms with Crippen LogP contribution in [0.4, 0.5) is 10.7 Å². The van der Waals surface area contributed by atoms with E-state index in [2.05, 4.69) is 10.4 Å². The van der Waals surface area contributed by atoms with Crippen molar-refractivity contribution in [1.82, 2.24) is 9.78 Å². The van der Waals surface area contributed by atoms with Crippen LogP contribution >= 0.6 is 11.3 Å². The summed E-state index contributed by atoms with van der Waals surface area (Å²) in [5.41, 5.74) is 9.09. The molecule has 106 valence electrons. The fourth-order valence-electron chi connectivity index (χ4n) is 2.37. The number of hydrogen-bond acceptors (Lipinski definition) is 5. The van der Waals surface area contributed by atoms with Crippen LogP contribution in [-0.4, -0.2) is 15.6 Å². The third-order valence-electron chi connectivity index (χ3n) is 3.50. The quantitative estimate of drug-likeness (QED) is 0.830. The molecular formula is C14H18N4OS. The van der Waals surface area contributed by atoms with E-state index in [4.69, 9.17) is 5.73 Å². The maximum absolute atomic E-state index is 11.6. The van der Waals surface area contributed by atoms with Crippen LogP contribution in [0.5, 0.6) is 0 Å². The Bertz CT molecular complexity index is 654. The second-order valence-electron chi connectivity index (χ2n) is 5.29. The molecule has 0 atom stereocenters. The van der Waals surface area contributed by atoms with Gasteiger partial charge in [-0.15, -0.1) is 11.3 Å². The second kappa shape index (κ2) is 4.94. The van der Waals surface area contributed by atoms with E-state index in [0.29, 0.717) is 23.0 Å². The highest BCUT2D eigenvalue weighted by Gasteiger charge is 2.32. The summed E-state index contributed by atoms with van der Waals surface area (Å²) in [4.78, 5) is 12.3. The van der Waals surface area contributed by atoms with Gasteiger partial charge in [0.05, 0.1) is 21.8 Å². The molecule has 0 spiro atoms. The van der Waals surface area contributed by atoms with Crippen LogP contribution in [0.15, 0.2) is 12.4 Å². The Kier molecular flexibility index (Phi) is 3.25. The molecule has 0 aliphatic heterocycles. The second-order valence-corrected chi connectivity index (χ2v) is 6.31. The molecule has 0 bridgehead atoms. The van der Waals surface area contributed by atoms with Crippen LogP contribution in [0.3, 0.4) is 0 Å². The number of Topliss-reactive ketones (excluding diaryl/α,β-unsaturated/α-hetero) is 1. The number of aryl methyl sites for hydroxylation is 1. The van der Waals surface area contributed by atoms with Gasteiger partial charge < -0.3 is 11.1 Å². The zero-order valence-electron chi connectivity index (χ0n) is 11.6. The van der Waals surface area contributed by atoms with Crippen molar-refractivity contribution in [3.05, 3.63) is 28.4 Å². The van der Waals surface area contributed by atoms with Gasteiger partial charge in [0.15, 0.2) is 5.78 Å². The summed E-state index contributed by atoms with van der Waals surface area (Å²) in [7, 11) is 1.90. The summed E-state index contributed by atoms with van der Waals surface area (Å²) in [6.07, 6.45) is 6.15. The van der Waals surface area contributed by atoms with E-state index in [-0.39, 0.29) is 5.78 Å². The molecule has 3 rings (SSSR count). The fourth-order valence-corrected chi connectivity index (χ4v) is 3.47. The van der Waals surface area contributed by atoms with Crippen molar-refractivity contribution >= 4 is 27.8 Å². The van der Waals surface area contributed by atoms with Crippen molar-refractivity contribution in [3.63, 3.8) is 0 Å². The molecule has 1 saturated carbocycles. The number of ketones is 1. The van der Waals surface area contributed by atoms with Crippen LogP contribution in [-0.2, 0) is 13.6 Å². The van der Waals surface area contributed by atoms with Crippen molar-refractivity contribution in [3.8, 4) is 0 Å². The van der Waals surface area contributed by atoms with Crippen molar-refractivity contribution in [2.24, 2.45) is 7.05 Å². The van der Waals surface area contributed by atoms with Gasteiger partial charge in [0.1, 0.15) is 0 Å². The maximum atomic E-state index is 11.6. The predicted molar refractivity (Wildman–Crippen MR) is 81.2 cm³/mol. The SMILES string of the molecule is CC(=O)c1sc(NCc2cnn(C)c2)c(C2CC2)c1N. The van der Waals surface area contributed by atoms with E-state index in [1.807, 2.05) is 19.4 Å². The summed E-state index contributed by atoms with van der Waals surface area (Å²) in [5.74, 6) is 0.569. The first-order chi connectivity index (χ1) is 9.56. The highest BCUT2D eigenvalue weighted by atomic mass is 32.1. The normalized spacial score (nSPS) is 14.5. The number of anilines is 2. The summed E-state index contributed by atoms with van der Waals surface area (Å²) >= 11 is 1.48.